The smallest absolute Gasteiger partial charge is 0.207 e. The van der Waals surface area contributed by atoms with Crippen LogP contribution >= 0.6 is 39.1 Å². The SMILES string of the molecule is CCC1CCC(C)N1S(=O)(=O)c1c(Cl)cc(Br)cc1Cl. The van der Waals surface area contributed by atoms with Gasteiger partial charge in [0.05, 0.1) is 10.0 Å². The van der Waals surface area contributed by atoms with Gasteiger partial charge in [0.25, 0.3) is 0 Å². The fraction of sp³-hybridized carbons (Fsp3) is 0.538. The Morgan fingerprint density at radius 2 is 1.85 bits per heavy atom. The van der Waals surface area contributed by atoms with Crippen LogP contribution in [0.4, 0.5) is 0 Å². The van der Waals surface area contributed by atoms with Gasteiger partial charge in [0.1, 0.15) is 4.90 Å². The monoisotopic (exact) mass is 399 g/mol. The maximum Gasteiger partial charge on any atom is 0.246 e. The van der Waals surface area contributed by atoms with E-state index in [0.29, 0.717) is 4.47 Å². The first-order valence-electron chi connectivity index (χ1n) is 6.47. The Kier molecular flexibility index (Phi) is 5.07. The van der Waals surface area contributed by atoms with Crippen LogP contribution in [0.1, 0.15) is 33.1 Å². The minimum Gasteiger partial charge on any atom is -0.207 e. The zero-order valence-electron chi connectivity index (χ0n) is 11.2. The van der Waals surface area contributed by atoms with Crippen molar-refractivity contribution in [1.82, 2.24) is 4.31 Å². The number of hydrogen-bond acceptors (Lipinski definition) is 2. The molecule has 2 atom stereocenters. The molecule has 1 saturated heterocycles. The lowest BCUT2D eigenvalue weighted by molar-refractivity contribution is 0.329. The van der Waals surface area contributed by atoms with Gasteiger partial charge < -0.3 is 0 Å². The van der Waals surface area contributed by atoms with Gasteiger partial charge in [-0.2, -0.15) is 4.31 Å². The van der Waals surface area contributed by atoms with Gasteiger partial charge in [-0.25, -0.2) is 8.42 Å². The topological polar surface area (TPSA) is 37.4 Å². The van der Waals surface area contributed by atoms with Crippen molar-refractivity contribution < 1.29 is 8.42 Å². The Morgan fingerprint density at radius 3 is 2.35 bits per heavy atom. The number of benzene rings is 1. The summed E-state index contributed by atoms with van der Waals surface area (Å²) in [5, 5.41) is 0.302. The molecular weight excluding hydrogens is 385 g/mol. The molecule has 0 bridgehead atoms. The van der Waals surface area contributed by atoms with E-state index in [1.807, 2.05) is 13.8 Å². The fourth-order valence-electron chi connectivity index (χ4n) is 2.75. The molecule has 3 nitrogen and oxygen atoms in total. The van der Waals surface area contributed by atoms with Crippen LogP contribution in [-0.4, -0.2) is 24.8 Å². The van der Waals surface area contributed by atoms with E-state index >= 15 is 0 Å². The van der Waals surface area contributed by atoms with Crippen molar-refractivity contribution in [2.75, 3.05) is 0 Å². The van der Waals surface area contributed by atoms with Crippen molar-refractivity contribution in [2.24, 2.45) is 0 Å². The van der Waals surface area contributed by atoms with Gasteiger partial charge in [0.2, 0.25) is 10.0 Å². The maximum atomic E-state index is 12.9. The normalized spacial score (nSPS) is 24.2. The highest BCUT2D eigenvalue weighted by Gasteiger charge is 2.40. The highest BCUT2D eigenvalue weighted by atomic mass is 79.9. The molecule has 7 heteroatoms. The Labute approximate surface area is 138 Å². The summed E-state index contributed by atoms with van der Waals surface area (Å²) in [6.45, 7) is 3.92. The van der Waals surface area contributed by atoms with Gasteiger partial charge in [-0.3, -0.25) is 0 Å². The number of halogens is 3. The van der Waals surface area contributed by atoms with Gasteiger partial charge in [-0.1, -0.05) is 46.1 Å². The fourth-order valence-corrected chi connectivity index (χ4v) is 6.59. The molecule has 1 aliphatic heterocycles. The molecule has 112 valence electrons. The van der Waals surface area contributed by atoms with E-state index in [1.54, 1.807) is 16.4 Å². The molecule has 20 heavy (non-hydrogen) atoms. The van der Waals surface area contributed by atoms with Gasteiger partial charge in [-0.05, 0) is 38.3 Å². The van der Waals surface area contributed by atoms with Crippen molar-refractivity contribution in [3.63, 3.8) is 0 Å². The van der Waals surface area contributed by atoms with Gasteiger partial charge in [0.15, 0.2) is 0 Å². The first-order valence-corrected chi connectivity index (χ1v) is 9.46. The summed E-state index contributed by atoms with van der Waals surface area (Å²) in [4.78, 5) is 0.0104. The van der Waals surface area contributed by atoms with E-state index in [9.17, 15) is 8.42 Å². The van der Waals surface area contributed by atoms with Crippen LogP contribution in [-0.2, 0) is 10.0 Å². The average Bonchev–Trinajstić information content (AvgIpc) is 2.69. The quantitative estimate of drug-likeness (QED) is 0.736. The molecule has 0 N–H and O–H groups in total. The first-order chi connectivity index (χ1) is 9.28. The van der Waals surface area contributed by atoms with Gasteiger partial charge >= 0.3 is 0 Å². The molecule has 0 saturated carbocycles. The molecule has 1 aliphatic rings. The lowest BCUT2D eigenvalue weighted by Crippen LogP contribution is -2.39. The standard InChI is InChI=1S/C13H16BrCl2NO2S/c1-3-10-5-4-8(2)17(10)20(18,19)13-11(15)6-9(14)7-12(13)16/h6-8,10H,3-5H2,1-2H3. The molecule has 1 fully saturated rings. The van der Waals surface area contributed by atoms with Gasteiger partial charge in [-0.15, -0.1) is 0 Å². The molecular formula is C13H16BrCl2NO2S. The third-order valence-corrected chi connectivity index (χ3v) is 7.13. The summed E-state index contributed by atoms with van der Waals surface area (Å²) in [5.41, 5.74) is 0. The zero-order valence-corrected chi connectivity index (χ0v) is 15.2. The zero-order chi connectivity index (χ0) is 15.1. The van der Waals surface area contributed by atoms with Crippen LogP contribution in [0.2, 0.25) is 10.0 Å². The van der Waals surface area contributed by atoms with E-state index in [4.69, 9.17) is 23.2 Å². The minimum atomic E-state index is -3.68. The number of rotatable bonds is 3. The number of hydrogen-bond donors (Lipinski definition) is 0. The first kappa shape index (κ1) is 16.6. The van der Waals surface area contributed by atoms with Crippen molar-refractivity contribution in [2.45, 2.75) is 50.1 Å². The van der Waals surface area contributed by atoms with Crippen LogP contribution in [0.25, 0.3) is 0 Å². The highest BCUT2D eigenvalue weighted by Crippen LogP contribution is 2.39. The number of nitrogens with zero attached hydrogens (tertiary/aromatic N) is 1. The molecule has 1 heterocycles. The minimum absolute atomic E-state index is 0.0104. The average molecular weight is 401 g/mol. The summed E-state index contributed by atoms with van der Waals surface area (Å²) < 4.78 is 28.0. The molecule has 0 amide bonds. The molecule has 0 spiro atoms. The summed E-state index contributed by atoms with van der Waals surface area (Å²) >= 11 is 15.5. The Bertz CT molecular complexity index is 598. The predicted molar refractivity (Wildman–Crippen MR) is 86.0 cm³/mol. The molecule has 0 aliphatic carbocycles. The van der Waals surface area contributed by atoms with Crippen LogP contribution in [0, 0.1) is 0 Å². The summed E-state index contributed by atoms with van der Waals surface area (Å²) in [6.07, 6.45) is 2.53. The summed E-state index contributed by atoms with van der Waals surface area (Å²) in [7, 11) is -3.68. The maximum absolute atomic E-state index is 12.9. The summed E-state index contributed by atoms with van der Waals surface area (Å²) in [5.74, 6) is 0. The van der Waals surface area contributed by atoms with E-state index in [-0.39, 0.29) is 27.0 Å². The molecule has 2 unspecified atom stereocenters. The lowest BCUT2D eigenvalue weighted by atomic mass is 10.2. The van der Waals surface area contributed by atoms with E-state index in [0.717, 1.165) is 19.3 Å². The molecule has 0 aromatic heterocycles. The Balaban J connectivity index is 2.56. The van der Waals surface area contributed by atoms with Crippen LogP contribution < -0.4 is 0 Å². The second-order valence-electron chi connectivity index (χ2n) is 5.02. The third kappa shape index (κ3) is 2.88. The van der Waals surface area contributed by atoms with Crippen LogP contribution in [0.5, 0.6) is 0 Å². The second-order valence-corrected chi connectivity index (χ2v) is 8.53. The predicted octanol–water partition coefficient (Wildman–Crippen LogP) is 4.71. The van der Waals surface area contributed by atoms with Crippen molar-refractivity contribution in [3.05, 3.63) is 26.7 Å². The largest absolute Gasteiger partial charge is 0.246 e. The van der Waals surface area contributed by atoms with Crippen LogP contribution in [0.3, 0.4) is 0 Å². The highest BCUT2D eigenvalue weighted by molar-refractivity contribution is 9.10. The van der Waals surface area contributed by atoms with Crippen molar-refractivity contribution >= 4 is 49.2 Å². The van der Waals surface area contributed by atoms with E-state index in [1.165, 1.54) is 0 Å². The lowest BCUT2D eigenvalue weighted by Gasteiger charge is -2.27. The Morgan fingerprint density at radius 1 is 1.30 bits per heavy atom. The van der Waals surface area contributed by atoms with Crippen LogP contribution in [0.15, 0.2) is 21.5 Å². The van der Waals surface area contributed by atoms with E-state index < -0.39 is 10.0 Å². The third-order valence-electron chi connectivity index (χ3n) is 3.68. The molecule has 1 aromatic carbocycles. The number of sulfonamides is 1. The second kappa shape index (κ2) is 6.13. The molecule has 1 aromatic rings. The molecule has 0 radical (unpaired) electrons. The van der Waals surface area contributed by atoms with Gasteiger partial charge in [0, 0.05) is 16.6 Å². The summed E-state index contributed by atoms with van der Waals surface area (Å²) in [6, 6.07) is 3.11. The van der Waals surface area contributed by atoms with E-state index in [2.05, 4.69) is 15.9 Å². The van der Waals surface area contributed by atoms with Crippen molar-refractivity contribution in [1.29, 1.82) is 0 Å². The Hall–Kier alpha value is 0.190. The van der Waals surface area contributed by atoms with Crippen molar-refractivity contribution in [3.8, 4) is 0 Å². The molecule has 2 rings (SSSR count).